The Kier molecular flexibility index (Phi) is 3.97. The van der Waals surface area contributed by atoms with Gasteiger partial charge >= 0.3 is 5.97 Å². The molecule has 0 bridgehead atoms. The van der Waals surface area contributed by atoms with Gasteiger partial charge in [-0.1, -0.05) is 24.3 Å². The molecule has 0 unspecified atom stereocenters. The molecule has 0 N–H and O–H groups in total. The van der Waals surface area contributed by atoms with Gasteiger partial charge in [0.25, 0.3) is 0 Å². The smallest absolute Gasteiger partial charge is 0.344 e. The molecule has 0 aliphatic carbocycles. The van der Waals surface area contributed by atoms with Crippen molar-refractivity contribution in [2.24, 2.45) is 0 Å². The van der Waals surface area contributed by atoms with E-state index in [0.717, 1.165) is 23.2 Å². The summed E-state index contributed by atoms with van der Waals surface area (Å²) in [6, 6.07) is 10.6. The maximum Gasteiger partial charge on any atom is 0.344 e. The lowest BCUT2D eigenvalue weighted by atomic mass is 10.2. The maximum atomic E-state index is 13.5. The molecule has 0 radical (unpaired) electrons. The van der Waals surface area contributed by atoms with Gasteiger partial charge in [0.1, 0.15) is 17.2 Å². The van der Waals surface area contributed by atoms with E-state index in [1.807, 2.05) is 31.2 Å². The summed E-state index contributed by atoms with van der Waals surface area (Å²) in [4.78, 5) is 20.4. The second-order valence-corrected chi connectivity index (χ2v) is 4.92. The number of ether oxygens (including phenoxy) is 1. The molecular weight excluding hydrogens is 302 g/mol. The summed E-state index contributed by atoms with van der Waals surface area (Å²) >= 11 is 0. The van der Waals surface area contributed by atoms with Gasteiger partial charge in [-0.2, -0.15) is 0 Å². The van der Waals surface area contributed by atoms with Crippen molar-refractivity contribution >= 4 is 16.9 Å². The fraction of sp³-hybridized carbons (Fsp3) is 0.118. The molecule has 116 valence electrons. The molecule has 1 heterocycles. The van der Waals surface area contributed by atoms with Gasteiger partial charge in [0.15, 0.2) is 12.4 Å². The quantitative estimate of drug-likeness (QED) is 0.694. The van der Waals surface area contributed by atoms with Crippen molar-refractivity contribution < 1.29 is 18.3 Å². The van der Waals surface area contributed by atoms with Crippen molar-refractivity contribution in [2.45, 2.75) is 13.5 Å². The maximum absolute atomic E-state index is 13.5. The molecule has 0 amide bonds. The number of halogens is 2. The highest BCUT2D eigenvalue weighted by Crippen LogP contribution is 2.16. The number of rotatable bonds is 3. The minimum atomic E-state index is -1.09. The van der Waals surface area contributed by atoms with E-state index in [4.69, 9.17) is 4.74 Å². The van der Waals surface area contributed by atoms with Gasteiger partial charge in [-0.05, 0) is 25.1 Å². The number of hydrogen-bond donors (Lipinski definition) is 0. The van der Waals surface area contributed by atoms with Crippen molar-refractivity contribution in [3.8, 4) is 0 Å². The van der Waals surface area contributed by atoms with Gasteiger partial charge < -0.3 is 4.74 Å². The van der Waals surface area contributed by atoms with Crippen LogP contribution in [0.2, 0.25) is 0 Å². The van der Waals surface area contributed by atoms with Crippen LogP contribution in [0.5, 0.6) is 0 Å². The summed E-state index contributed by atoms with van der Waals surface area (Å²) in [5.41, 5.74) is 0.729. The van der Waals surface area contributed by atoms with E-state index >= 15 is 0 Å². The van der Waals surface area contributed by atoms with E-state index in [9.17, 15) is 13.6 Å². The van der Waals surface area contributed by atoms with Gasteiger partial charge in [0.2, 0.25) is 0 Å². The Hall–Kier alpha value is -2.89. The van der Waals surface area contributed by atoms with Crippen molar-refractivity contribution in [1.29, 1.82) is 0 Å². The molecule has 2 aromatic carbocycles. The number of nitrogens with zero attached hydrogens (tertiary/aromatic N) is 2. The first-order chi connectivity index (χ1) is 11.1. The van der Waals surface area contributed by atoms with E-state index in [1.165, 1.54) is 6.07 Å². The second-order valence-electron chi connectivity index (χ2n) is 4.92. The molecule has 0 fully saturated rings. The van der Waals surface area contributed by atoms with Crippen molar-refractivity contribution in [1.82, 2.24) is 9.97 Å². The molecule has 3 rings (SSSR count). The number of aryl methyl sites for hydroxylation is 1. The molecule has 3 aromatic rings. The number of fused-ring (bicyclic) bond motifs is 1. The summed E-state index contributed by atoms with van der Waals surface area (Å²) in [5, 5.41) is 0.891. The minimum Gasteiger partial charge on any atom is -0.454 e. The lowest BCUT2D eigenvalue weighted by molar-refractivity contribution is 0.0451. The molecule has 6 heteroatoms. The average Bonchev–Trinajstić information content (AvgIpc) is 2.53. The number of para-hydroxylation sites is 1. The monoisotopic (exact) mass is 314 g/mol. The Morgan fingerprint density at radius 2 is 1.74 bits per heavy atom. The molecule has 0 atom stereocenters. The van der Waals surface area contributed by atoms with Crippen LogP contribution in [0.3, 0.4) is 0 Å². The number of carbonyl (C=O) groups excluding carboxylic acids is 1. The zero-order valence-electron chi connectivity index (χ0n) is 12.2. The second kappa shape index (κ2) is 6.08. The lowest BCUT2D eigenvalue weighted by Crippen LogP contribution is -2.11. The molecule has 4 nitrogen and oxygen atoms in total. The van der Waals surface area contributed by atoms with Crippen LogP contribution >= 0.6 is 0 Å². The fourth-order valence-corrected chi connectivity index (χ4v) is 2.25. The van der Waals surface area contributed by atoms with Crippen LogP contribution in [0, 0.1) is 18.6 Å². The number of aromatic nitrogens is 2. The molecular formula is C17H12F2N2O2. The fourth-order valence-electron chi connectivity index (χ4n) is 2.25. The highest BCUT2D eigenvalue weighted by molar-refractivity contribution is 5.90. The summed E-state index contributed by atoms with van der Waals surface area (Å²) in [6.45, 7) is 1.55. The topological polar surface area (TPSA) is 52.1 Å². The van der Waals surface area contributed by atoms with E-state index < -0.39 is 23.2 Å². The molecule has 0 saturated heterocycles. The van der Waals surface area contributed by atoms with Crippen molar-refractivity contribution in [3.63, 3.8) is 0 Å². The average molecular weight is 314 g/mol. The van der Waals surface area contributed by atoms with Crippen molar-refractivity contribution in [2.75, 3.05) is 0 Å². The van der Waals surface area contributed by atoms with Gasteiger partial charge in [-0.25, -0.2) is 23.5 Å². The van der Waals surface area contributed by atoms with Gasteiger partial charge in [-0.3, -0.25) is 0 Å². The predicted molar refractivity (Wildman–Crippen MR) is 79.8 cm³/mol. The number of esters is 1. The first kappa shape index (κ1) is 15.0. The molecule has 0 saturated carbocycles. The van der Waals surface area contributed by atoms with Gasteiger partial charge in [0, 0.05) is 11.1 Å². The van der Waals surface area contributed by atoms with E-state index in [0.29, 0.717) is 5.52 Å². The molecule has 23 heavy (non-hydrogen) atoms. The number of carbonyl (C=O) groups is 1. The third-order valence-electron chi connectivity index (χ3n) is 3.34. The zero-order chi connectivity index (χ0) is 16.4. The molecule has 0 aliphatic rings. The summed E-state index contributed by atoms with van der Waals surface area (Å²) in [7, 11) is 0. The molecule has 0 aliphatic heterocycles. The number of hydrogen-bond acceptors (Lipinski definition) is 4. The van der Waals surface area contributed by atoms with Crippen molar-refractivity contribution in [3.05, 3.63) is 71.2 Å². The van der Waals surface area contributed by atoms with Crippen LogP contribution in [0.15, 0.2) is 42.5 Å². The molecule has 0 spiro atoms. The van der Waals surface area contributed by atoms with Gasteiger partial charge in [0.05, 0.1) is 5.52 Å². The van der Waals surface area contributed by atoms with Gasteiger partial charge in [-0.15, -0.1) is 0 Å². The van der Waals surface area contributed by atoms with Crippen LogP contribution in [-0.4, -0.2) is 15.9 Å². The zero-order valence-corrected chi connectivity index (χ0v) is 12.2. The Balaban J connectivity index is 1.82. The number of benzene rings is 2. The Morgan fingerprint density at radius 3 is 2.48 bits per heavy atom. The Labute approximate surface area is 130 Å². The van der Waals surface area contributed by atoms with Crippen LogP contribution in [-0.2, 0) is 11.3 Å². The molecule has 1 aromatic heterocycles. The standard InChI is InChI=1S/C17H12F2N2O2/c1-10-11-5-2-3-8-14(11)21-15(20-10)9-23-17(22)16-12(18)6-4-7-13(16)19/h2-8H,9H2,1H3. The van der Waals surface area contributed by atoms with Crippen LogP contribution in [0.25, 0.3) is 10.9 Å². The summed E-state index contributed by atoms with van der Waals surface area (Å²) in [6.07, 6.45) is 0. The first-order valence-corrected chi connectivity index (χ1v) is 6.89. The van der Waals surface area contributed by atoms with Crippen LogP contribution in [0.4, 0.5) is 8.78 Å². The third-order valence-corrected chi connectivity index (χ3v) is 3.34. The van der Waals surface area contributed by atoms with E-state index in [1.54, 1.807) is 0 Å². The Morgan fingerprint density at radius 1 is 1.04 bits per heavy atom. The largest absolute Gasteiger partial charge is 0.454 e. The highest BCUT2D eigenvalue weighted by Gasteiger charge is 2.19. The van der Waals surface area contributed by atoms with Crippen LogP contribution in [0.1, 0.15) is 21.9 Å². The van der Waals surface area contributed by atoms with Crippen LogP contribution < -0.4 is 0 Å². The SMILES string of the molecule is Cc1nc(COC(=O)c2c(F)cccc2F)nc2ccccc12. The minimum absolute atomic E-state index is 0.266. The van der Waals surface area contributed by atoms with E-state index in [-0.39, 0.29) is 12.4 Å². The predicted octanol–water partition coefficient (Wildman–Crippen LogP) is 3.57. The van der Waals surface area contributed by atoms with E-state index in [2.05, 4.69) is 9.97 Å². The Bertz CT molecular complexity index is 877. The summed E-state index contributed by atoms with van der Waals surface area (Å²) < 4.78 is 32.0. The highest BCUT2D eigenvalue weighted by atomic mass is 19.1. The normalized spacial score (nSPS) is 10.7. The first-order valence-electron chi connectivity index (χ1n) is 6.89. The third kappa shape index (κ3) is 3.01. The summed E-state index contributed by atoms with van der Waals surface area (Å²) in [5.74, 6) is -2.75. The lowest BCUT2D eigenvalue weighted by Gasteiger charge is -2.08.